The molecule has 1 heterocycles. The number of hydrogen-bond acceptors (Lipinski definition) is 3. The summed E-state index contributed by atoms with van der Waals surface area (Å²) in [4.78, 5) is 26.5. The average molecular weight is 270 g/mol. The molecule has 0 atom stereocenters. The first-order chi connectivity index (χ1) is 9.47. The number of nitrogens with one attached hydrogen (secondary N) is 1. The highest BCUT2D eigenvalue weighted by Gasteiger charge is 2.10. The molecule has 2 aromatic rings. The number of aromatic carboxylic acids is 1. The Morgan fingerprint density at radius 2 is 1.90 bits per heavy atom. The van der Waals surface area contributed by atoms with Gasteiger partial charge < -0.3 is 10.4 Å². The van der Waals surface area contributed by atoms with Crippen molar-refractivity contribution < 1.29 is 14.7 Å². The number of carboxylic acids is 1. The van der Waals surface area contributed by atoms with Crippen LogP contribution >= 0.6 is 0 Å². The maximum absolute atomic E-state index is 12.1. The van der Waals surface area contributed by atoms with E-state index in [2.05, 4.69) is 10.3 Å². The summed E-state index contributed by atoms with van der Waals surface area (Å²) >= 11 is 0. The number of rotatable bonds is 3. The van der Waals surface area contributed by atoms with E-state index in [9.17, 15) is 9.59 Å². The van der Waals surface area contributed by atoms with Crippen molar-refractivity contribution in [2.75, 3.05) is 5.32 Å². The van der Waals surface area contributed by atoms with Crippen LogP contribution in [0.1, 0.15) is 32.0 Å². The predicted octanol–water partition coefficient (Wildman–Crippen LogP) is 2.65. The lowest BCUT2D eigenvalue weighted by atomic mass is 10.1. The molecular weight excluding hydrogens is 256 g/mol. The minimum Gasteiger partial charge on any atom is -0.477 e. The van der Waals surface area contributed by atoms with Crippen LogP contribution in [-0.4, -0.2) is 22.0 Å². The van der Waals surface area contributed by atoms with Gasteiger partial charge in [-0.15, -0.1) is 0 Å². The smallest absolute Gasteiger partial charge is 0.354 e. The van der Waals surface area contributed by atoms with Crippen molar-refractivity contribution in [3.05, 3.63) is 58.9 Å². The first-order valence-electron chi connectivity index (χ1n) is 6.05. The van der Waals surface area contributed by atoms with E-state index in [0.717, 1.165) is 11.1 Å². The van der Waals surface area contributed by atoms with Crippen molar-refractivity contribution in [1.29, 1.82) is 0 Å². The lowest BCUT2D eigenvalue weighted by Crippen LogP contribution is -2.14. The summed E-state index contributed by atoms with van der Waals surface area (Å²) in [6, 6.07) is 8.42. The summed E-state index contributed by atoms with van der Waals surface area (Å²) < 4.78 is 0. The van der Waals surface area contributed by atoms with Gasteiger partial charge in [0.15, 0.2) is 0 Å². The standard InChI is InChI=1S/C15H14N2O3/c1-9-3-5-12(10(2)7-9)14(18)17-11-4-6-13(15(19)20)16-8-11/h3-8H,1-2H3,(H,17,18)(H,19,20). The van der Waals surface area contributed by atoms with Crippen LogP contribution in [0.2, 0.25) is 0 Å². The summed E-state index contributed by atoms with van der Waals surface area (Å²) in [5.41, 5.74) is 2.96. The second-order valence-corrected chi connectivity index (χ2v) is 4.51. The third-order valence-electron chi connectivity index (χ3n) is 2.87. The Morgan fingerprint density at radius 1 is 1.15 bits per heavy atom. The highest BCUT2D eigenvalue weighted by Crippen LogP contribution is 2.13. The number of carbonyl (C=O) groups excluding carboxylic acids is 1. The van der Waals surface area contributed by atoms with E-state index in [0.29, 0.717) is 11.3 Å². The molecule has 0 saturated heterocycles. The van der Waals surface area contributed by atoms with E-state index in [4.69, 9.17) is 5.11 Å². The number of amides is 1. The minimum atomic E-state index is -1.10. The van der Waals surface area contributed by atoms with Crippen molar-refractivity contribution in [3.8, 4) is 0 Å². The Morgan fingerprint density at radius 3 is 2.45 bits per heavy atom. The zero-order valence-electron chi connectivity index (χ0n) is 11.2. The number of carboxylic acid groups (broad SMARTS) is 1. The zero-order chi connectivity index (χ0) is 14.7. The van der Waals surface area contributed by atoms with Crippen molar-refractivity contribution >= 4 is 17.6 Å². The second-order valence-electron chi connectivity index (χ2n) is 4.51. The Hall–Kier alpha value is -2.69. The van der Waals surface area contributed by atoms with Crippen molar-refractivity contribution in [2.45, 2.75) is 13.8 Å². The van der Waals surface area contributed by atoms with Gasteiger partial charge in [-0.1, -0.05) is 17.7 Å². The maximum Gasteiger partial charge on any atom is 0.354 e. The molecule has 0 unspecified atom stereocenters. The maximum atomic E-state index is 12.1. The van der Waals surface area contributed by atoms with Crippen LogP contribution in [-0.2, 0) is 0 Å². The van der Waals surface area contributed by atoms with E-state index in [1.54, 1.807) is 6.07 Å². The Kier molecular flexibility index (Phi) is 3.79. The minimum absolute atomic E-state index is 0.0606. The highest BCUT2D eigenvalue weighted by molar-refractivity contribution is 6.05. The number of anilines is 1. The molecule has 0 fully saturated rings. The molecule has 0 saturated carbocycles. The van der Waals surface area contributed by atoms with E-state index < -0.39 is 5.97 Å². The molecular formula is C15H14N2O3. The fraction of sp³-hybridized carbons (Fsp3) is 0.133. The average Bonchev–Trinajstić information content (AvgIpc) is 2.39. The Balaban J connectivity index is 2.17. The van der Waals surface area contributed by atoms with Gasteiger partial charge in [0.1, 0.15) is 5.69 Å². The third-order valence-corrected chi connectivity index (χ3v) is 2.87. The van der Waals surface area contributed by atoms with Gasteiger partial charge in [0.25, 0.3) is 5.91 Å². The van der Waals surface area contributed by atoms with Gasteiger partial charge in [0.2, 0.25) is 0 Å². The van der Waals surface area contributed by atoms with Gasteiger partial charge in [0.05, 0.1) is 11.9 Å². The summed E-state index contributed by atoms with van der Waals surface area (Å²) in [6.07, 6.45) is 1.32. The molecule has 0 spiro atoms. The van der Waals surface area contributed by atoms with Gasteiger partial charge in [0, 0.05) is 5.56 Å². The first kappa shape index (κ1) is 13.7. The summed E-state index contributed by atoms with van der Waals surface area (Å²) in [5.74, 6) is -1.34. The van der Waals surface area contributed by atoms with Crippen molar-refractivity contribution in [2.24, 2.45) is 0 Å². The SMILES string of the molecule is Cc1ccc(C(=O)Nc2ccc(C(=O)O)nc2)c(C)c1. The van der Waals surface area contributed by atoms with E-state index in [-0.39, 0.29) is 11.6 Å². The van der Waals surface area contributed by atoms with Crippen LogP contribution in [0.4, 0.5) is 5.69 Å². The van der Waals surface area contributed by atoms with Gasteiger partial charge in [-0.05, 0) is 37.6 Å². The summed E-state index contributed by atoms with van der Waals surface area (Å²) in [7, 11) is 0. The third kappa shape index (κ3) is 3.00. The number of aryl methyl sites for hydroxylation is 2. The molecule has 20 heavy (non-hydrogen) atoms. The molecule has 2 rings (SSSR count). The fourth-order valence-corrected chi connectivity index (χ4v) is 1.86. The number of nitrogens with zero attached hydrogens (tertiary/aromatic N) is 1. The van der Waals surface area contributed by atoms with Crippen molar-refractivity contribution in [1.82, 2.24) is 4.98 Å². The van der Waals surface area contributed by atoms with E-state index >= 15 is 0 Å². The van der Waals surface area contributed by atoms with E-state index in [1.165, 1.54) is 18.3 Å². The van der Waals surface area contributed by atoms with E-state index in [1.807, 2.05) is 26.0 Å². The van der Waals surface area contributed by atoms with Gasteiger partial charge in [-0.25, -0.2) is 9.78 Å². The lowest BCUT2D eigenvalue weighted by Gasteiger charge is -2.08. The summed E-state index contributed by atoms with van der Waals surface area (Å²) in [6.45, 7) is 3.83. The topological polar surface area (TPSA) is 79.3 Å². The Bertz CT molecular complexity index is 663. The molecule has 5 nitrogen and oxygen atoms in total. The monoisotopic (exact) mass is 270 g/mol. The molecule has 0 aliphatic rings. The number of aromatic nitrogens is 1. The number of pyridine rings is 1. The number of benzene rings is 1. The molecule has 0 radical (unpaired) electrons. The Labute approximate surface area is 116 Å². The second kappa shape index (κ2) is 5.52. The lowest BCUT2D eigenvalue weighted by molar-refractivity contribution is 0.0690. The van der Waals surface area contributed by atoms with Crippen LogP contribution in [0.15, 0.2) is 36.5 Å². The zero-order valence-corrected chi connectivity index (χ0v) is 11.2. The molecule has 0 aliphatic carbocycles. The van der Waals surface area contributed by atoms with Crippen LogP contribution in [0.5, 0.6) is 0 Å². The number of carbonyl (C=O) groups is 2. The normalized spacial score (nSPS) is 10.1. The molecule has 102 valence electrons. The molecule has 1 aromatic carbocycles. The summed E-state index contributed by atoms with van der Waals surface area (Å²) in [5, 5.41) is 11.4. The quantitative estimate of drug-likeness (QED) is 0.898. The molecule has 0 bridgehead atoms. The molecule has 5 heteroatoms. The van der Waals surface area contributed by atoms with Gasteiger partial charge in [-0.3, -0.25) is 4.79 Å². The van der Waals surface area contributed by atoms with Crippen LogP contribution < -0.4 is 5.32 Å². The molecule has 1 amide bonds. The first-order valence-corrected chi connectivity index (χ1v) is 6.05. The van der Waals surface area contributed by atoms with Crippen LogP contribution in [0, 0.1) is 13.8 Å². The van der Waals surface area contributed by atoms with Gasteiger partial charge >= 0.3 is 5.97 Å². The van der Waals surface area contributed by atoms with Crippen LogP contribution in [0.3, 0.4) is 0 Å². The number of hydrogen-bond donors (Lipinski definition) is 2. The van der Waals surface area contributed by atoms with Crippen molar-refractivity contribution in [3.63, 3.8) is 0 Å². The highest BCUT2D eigenvalue weighted by atomic mass is 16.4. The molecule has 2 N–H and O–H groups in total. The molecule has 1 aromatic heterocycles. The van der Waals surface area contributed by atoms with Gasteiger partial charge in [-0.2, -0.15) is 0 Å². The predicted molar refractivity (Wildman–Crippen MR) is 75.1 cm³/mol. The molecule has 0 aliphatic heterocycles. The van der Waals surface area contributed by atoms with Crippen LogP contribution in [0.25, 0.3) is 0 Å². The fourth-order valence-electron chi connectivity index (χ4n) is 1.86. The largest absolute Gasteiger partial charge is 0.477 e.